The van der Waals surface area contributed by atoms with Crippen molar-refractivity contribution in [2.75, 3.05) is 12.5 Å². The number of nitrogens with one attached hydrogen (secondary N) is 1. The Morgan fingerprint density at radius 1 is 1.10 bits per heavy atom. The quantitative estimate of drug-likeness (QED) is 0.136. The predicted octanol–water partition coefficient (Wildman–Crippen LogP) is -1.08. The van der Waals surface area contributed by atoms with Gasteiger partial charge in [0.1, 0.15) is 33.8 Å². The molecule has 0 aliphatic rings. The summed E-state index contributed by atoms with van der Waals surface area (Å²) in [6.45, 7) is 3.63. The van der Waals surface area contributed by atoms with Crippen LogP contribution in [0.3, 0.4) is 0 Å². The number of nitrogens with two attached hydrogens (primary N) is 3. The first kappa shape index (κ1) is 23.1. The molecule has 0 aromatic heterocycles. The molecule has 2 aromatic rings. The van der Waals surface area contributed by atoms with Crippen LogP contribution in [0.15, 0.2) is 30.3 Å². The predicted molar refractivity (Wildman–Crippen MR) is 116 cm³/mol. The van der Waals surface area contributed by atoms with Crippen LogP contribution in [-0.4, -0.2) is 43.9 Å². The summed E-state index contributed by atoms with van der Waals surface area (Å²) >= 11 is 0. The molecule has 0 heterocycles. The van der Waals surface area contributed by atoms with Gasteiger partial charge in [0.05, 0.1) is 5.69 Å². The van der Waals surface area contributed by atoms with Gasteiger partial charge in [0.2, 0.25) is 0 Å². The van der Waals surface area contributed by atoms with Gasteiger partial charge in [-0.3, -0.25) is 0 Å². The average molecular weight is 395 g/mol. The van der Waals surface area contributed by atoms with Gasteiger partial charge in [-0.05, 0) is 36.1 Å². The molecule has 0 spiro atoms. The lowest BCUT2D eigenvalue weighted by atomic mass is 9.83. The summed E-state index contributed by atoms with van der Waals surface area (Å²) in [5, 5.41) is 20.4. The van der Waals surface area contributed by atoms with Gasteiger partial charge in [-0.2, -0.15) is 0 Å². The van der Waals surface area contributed by atoms with Gasteiger partial charge in [-0.25, -0.2) is 5.43 Å². The van der Waals surface area contributed by atoms with E-state index in [1.54, 1.807) is 18.2 Å². The number of aliphatic hydroxyl groups excluding tert-OH is 1. The summed E-state index contributed by atoms with van der Waals surface area (Å²) < 4.78 is 0. The van der Waals surface area contributed by atoms with Gasteiger partial charge >= 0.3 is 0 Å². The number of anilines is 1. The third-order valence-electron chi connectivity index (χ3n) is 4.77. The molecule has 0 saturated heterocycles. The third-order valence-corrected chi connectivity index (χ3v) is 4.77. The Bertz CT molecular complexity index is 824. The van der Waals surface area contributed by atoms with E-state index in [1.165, 1.54) is 12.1 Å². The number of hydrogen-bond acceptors (Lipinski definition) is 8. The maximum Gasteiger partial charge on any atom is 0.165 e. The SMILES string of the molecule is [B]c1cc(C(N)(N)c2cc([B])c(ON(CO)NC(CC)CC)c(N)c2)ccc1O. The molecule has 0 aliphatic carbocycles. The number of benzene rings is 2. The van der Waals surface area contributed by atoms with Crippen LogP contribution in [0.2, 0.25) is 0 Å². The van der Waals surface area contributed by atoms with Gasteiger partial charge in [0.15, 0.2) is 5.75 Å². The number of nitrogen functional groups attached to an aromatic ring is 1. The molecular formula is C19H27B2N5O3. The molecule has 9 N–H and O–H groups in total. The van der Waals surface area contributed by atoms with Crippen molar-refractivity contribution in [2.45, 2.75) is 38.4 Å². The number of aromatic hydroxyl groups is 1. The van der Waals surface area contributed by atoms with E-state index in [9.17, 15) is 10.2 Å². The Morgan fingerprint density at radius 2 is 1.72 bits per heavy atom. The fourth-order valence-corrected chi connectivity index (χ4v) is 2.88. The molecule has 2 aromatic carbocycles. The molecule has 0 unspecified atom stereocenters. The molecule has 0 atom stereocenters. The highest BCUT2D eigenvalue weighted by Crippen LogP contribution is 2.28. The molecule has 0 amide bonds. The van der Waals surface area contributed by atoms with E-state index in [2.05, 4.69) is 5.43 Å². The topological polar surface area (TPSA) is 143 Å². The minimum absolute atomic E-state index is 0.0682. The second-order valence-electron chi connectivity index (χ2n) is 6.88. The molecule has 10 heteroatoms. The van der Waals surface area contributed by atoms with Crippen LogP contribution in [0.25, 0.3) is 0 Å². The fraction of sp³-hybridized carbons (Fsp3) is 0.368. The van der Waals surface area contributed by atoms with E-state index in [-0.39, 0.29) is 34.2 Å². The first-order chi connectivity index (χ1) is 13.6. The molecule has 0 saturated carbocycles. The zero-order valence-electron chi connectivity index (χ0n) is 16.7. The second kappa shape index (κ2) is 9.51. The molecule has 2 rings (SSSR count). The standard InChI is InChI=1S/C19H27B2N5O3/c1-3-13(4-2)25-26(10-27)29-18-15(21)8-12(9-16(18)22)19(23,24)11-5-6-17(28)14(20)7-11/h5-9,13,25,27-28H,3-4,10,22-24H2,1-2H3. The van der Waals surface area contributed by atoms with Crippen molar-refractivity contribution in [3.8, 4) is 11.5 Å². The number of nitrogens with zero attached hydrogens (tertiary/aromatic N) is 1. The van der Waals surface area contributed by atoms with Crippen molar-refractivity contribution in [1.82, 2.24) is 10.6 Å². The van der Waals surface area contributed by atoms with Crippen LogP contribution in [0.5, 0.6) is 11.5 Å². The molecule has 4 radical (unpaired) electrons. The summed E-state index contributed by atoms with van der Waals surface area (Å²) in [4.78, 5) is 5.66. The first-order valence-electron chi connectivity index (χ1n) is 9.32. The maximum absolute atomic E-state index is 9.62. The highest BCUT2D eigenvalue weighted by molar-refractivity contribution is 6.35. The lowest BCUT2D eigenvalue weighted by Gasteiger charge is -2.29. The van der Waals surface area contributed by atoms with E-state index in [4.69, 9.17) is 37.7 Å². The van der Waals surface area contributed by atoms with Gasteiger partial charge in [-0.15, -0.1) is 0 Å². The van der Waals surface area contributed by atoms with Crippen molar-refractivity contribution in [3.05, 3.63) is 41.5 Å². The number of aliphatic hydroxyl groups is 1. The van der Waals surface area contributed by atoms with Gasteiger partial charge in [0.25, 0.3) is 0 Å². The number of hydrazine groups is 1. The van der Waals surface area contributed by atoms with E-state index >= 15 is 0 Å². The summed E-state index contributed by atoms with van der Waals surface area (Å²) in [6.07, 6.45) is 1.69. The largest absolute Gasteiger partial charge is 0.509 e. The molecule has 8 nitrogen and oxygen atoms in total. The van der Waals surface area contributed by atoms with Crippen molar-refractivity contribution in [3.63, 3.8) is 0 Å². The van der Waals surface area contributed by atoms with Crippen LogP contribution in [-0.2, 0) is 5.66 Å². The smallest absolute Gasteiger partial charge is 0.165 e. The molecular weight excluding hydrogens is 368 g/mol. The van der Waals surface area contributed by atoms with Crippen LogP contribution in [0.1, 0.15) is 37.8 Å². The number of hydrogen-bond donors (Lipinski definition) is 6. The summed E-state index contributed by atoms with van der Waals surface area (Å²) in [5.41, 5.74) is 21.8. The van der Waals surface area contributed by atoms with E-state index in [0.717, 1.165) is 18.0 Å². The van der Waals surface area contributed by atoms with E-state index < -0.39 is 12.4 Å². The number of phenolic OH excluding ortho intramolecular Hbond substituents is 1. The monoisotopic (exact) mass is 395 g/mol. The van der Waals surface area contributed by atoms with Crippen molar-refractivity contribution < 1.29 is 15.1 Å². The number of hydroxylamine groups is 1. The van der Waals surface area contributed by atoms with Gasteiger partial charge in [-0.1, -0.05) is 48.1 Å². The highest BCUT2D eigenvalue weighted by Gasteiger charge is 2.27. The minimum atomic E-state index is -1.47. The van der Waals surface area contributed by atoms with Crippen LogP contribution >= 0.6 is 0 Å². The molecule has 29 heavy (non-hydrogen) atoms. The Kier molecular flexibility index (Phi) is 7.56. The molecule has 0 bridgehead atoms. The summed E-state index contributed by atoms with van der Waals surface area (Å²) in [7, 11) is 11.9. The second-order valence-corrected chi connectivity index (χ2v) is 6.88. The summed E-state index contributed by atoms with van der Waals surface area (Å²) in [5.74, 6) is 0.101. The fourth-order valence-electron chi connectivity index (χ4n) is 2.88. The average Bonchev–Trinajstić information content (AvgIpc) is 2.68. The third kappa shape index (κ3) is 5.23. The van der Waals surface area contributed by atoms with E-state index in [0.29, 0.717) is 11.1 Å². The zero-order valence-corrected chi connectivity index (χ0v) is 16.7. The van der Waals surface area contributed by atoms with E-state index in [1.807, 2.05) is 13.8 Å². The molecule has 0 aliphatic heterocycles. The van der Waals surface area contributed by atoms with Crippen LogP contribution in [0.4, 0.5) is 5.69 Å². The maximum atomic E-state index is 9.62. The van der Waals surface area contributed by atoms with Crippen LogP contribution < -0.4 is 38.4 Å². The lowest BCUT2D eigenvalue weighted by Crippen LogP contribution is -2.49. The van der Waals surface area contributed by atoms with Gasteiger partial charge < -0.3 is 32.3 Å². The first-order valence-corrected chi connectivity index (χ1v) is 9.32. The lowest BCUT2D eigenvalue weighted by molar-refractivity contribution is -0.162. The van der Waals surface area contributed by atoms with Crippen molar-refractivity contribution >= 4 is 32.3 Å². The van der Waals surface area contributed by atoms with Crippen LogP contribution in [0, 0.1) is 0 Å². The molecule has 152 valence electrons. The Hall–Kier alpha value is -2.23. The number of rotatable bonds is 9. The molecule has 0 fully saturated rings. The zero-order chi connectivity index (χ0) is 21.8. The Balaban J connectivity index is 2.33. The number of phenols is 1. The Morgan fingerprint density at radius 3 is 2.24 bits per heavy atom. The van der Waals surface area contributed by atoms with Crippen molar-refractivity contribution in [1.29, 1.82) is 0 Å². The van der Waals surface area contributed by atoms with Crippen molar-refractivity contribution in [2.24, 2.45) is 11.5 Å². The summed E-state index contributed by atoms with van der Waals surface area (Å²) in [6, 6.07) is 7.66. The Labute approximate surface area is 173 Å². The minimum Gasteiger partial charge on any atom is -0.509 e. The highest BCUT2D eigenvalue weighted by atomic mass is 16.7. The normalized spacial score (nSPS) is 12.0. The van der Waals surface area contributed by atoms with Gasteiger partial charge in [0, 0.05) is 6.04 Å².